The number of nitrogens with one attached hydrogen (secondary N) is 1. The highest BCUT2D eigenvalue weighted by molar-refractivity contribution is 7.18. The Bertz CT molecular complexity index is 1160. The van der Waals surface area contributed by atoms with E-state index in [-0.39, 0.29) is 29.9 Å². The Morgan fingerprint density at radius 1 is 1.10 bits per heavy atom. The zero-order valence-corrected chi connectivity index (χ0v) is 25.3. The molecule has 1 aliphatic carbocycles. The van der Waals surface area contributed by atoms with Crippen molar-refractivity contribution in [2.75, 3.05) is 19.6 Å². The van der Waals surface area contributed by atoms with E-state index in [1.807, 2.05) is 12.1 Å². The average molecular weight is 566 g/mol. The van der Waals surface area contributed by atoms with Gasteiger partial charge in [-0.3, -0.25) is 14.5 Å². The number of ketones is 2. The molecule has 2 atom stereocenters. The number of carbonyl (C=O) groups excluding carboxylic acids is 3. The topological polar surface area (TPSA) is 79.4 Å². The summed E-state index contributed by atoms with van der Waals surface area (Å²) in [5, 5.41) is 4.22. The van der Waals surface area contributed by atoms with E-state index in [2.05, 4.69) is 29.3 Å². The fourth-order valence-corrected chi connectivity index (χ4v) is 7.37. The van der Waals surface area contributed by atoms with Crippen LogP contribution in [0, 0.1) is 11.8 Å². The molecular weight excluding hydrogens is 518 g/mol. The van der Waals surface area contributed by atoms with Crippen molar-refractivity contribution in [3.05, 3.63) is 40.9 Å². The van der Waals surface area contributed by atoms with Crippen molar-refractivity contribution < 1.29 is 14.4 Å². The van der Waals surface area contributed by atoms with Crippen molar-refractivity contribution in [3.63, 3.8) is 0 Å². The van der Waals surface area contributed by atoms with Gasteiger partial charge < -0.3 is 10.1 Å². The van der Waals surface area contributed by atoms with Gasteiger partial charge in [0.25, 0.3) is 0 Å². The number of hydrogen-bond donors (Lipinski definition) is 1. The Balaban J connectivity index is 1.39. The average Bonchev–Trinajstić information content (AvgIpc) is 3.37. The van der Waals surface area contributed by atoms with Gasteiger partial charge in [0.1, 0.15) is 5.78 Å². The summed E-state index contributed by atoms with van der Waals surface area (Å²) in [6, 6.07) is 6.29. The predicted molar refractivity (Wildman–Crippen MR) is 164 cm³/mol. The lowest BCUT2D eigenvalue weighted by Gasteiger charge is -2.32. The van der Waals surface area contributed by atoms with E-state index in [0.717, 1.165) is 54.1 Å². The van der Waals surface area contributed by atoms with Crippen LogP contribution in [0.25, 0.3) is 10.2 Å². The first kappa shape index (κ1) is 30.6. The normalized spacial score (nSPS) is 18.6. The Morgan fingerprint density at radius 3 is 2.58 bits per heavy atom. The highest BCUT2D eigenvalue weighted by Crippen LogP contribution is 2.30. The van der Waals surface area contributed by atoms with Crippen LogP contribution in [-0.2, 0) is 27.2 Å². The summed E-state index contributed by atoms with van der Waals surface area (Å²) < 4.78 is 1.13. The lowest BCUT2D eigenvalue weighted by Crippen LogP contribution is -2.44. The predicted octanol–water partition coefficient (Wildman–Crippen LogP) is 6.45. The molecule has 2 fully saturated rings. The minimum Gasteiger partial charge on any atom is -0.353 e. The number of aromatic nitrogens is 1. The number of thiazole rings is 1. The van der Waals surface area contributed by atoms with Crippen LogP contribution in [0.15, 0.2) is 30.4 Å². The van der Waals surface area contributed by atoms with Crippen molar-refractivity contribution in [3.8, 4) is 0 Å². The summed E-state index contributed by atoms with van der Waals surface area (Å²) in [5.41, 5.74) is 2.22. The molecule has 40 heavy (non-hydrogen) atoms. The van der Waals surface area contributed by atoms with Gasteiger partial charge in [-0.25, -0.2) is 4.98 Å². The molecule has 4 rings (SSSR count). The maximum absolute atomic E-state index is 13.7. The minimum absolute atomic E-state index is 0.0118. The third-order valence-corrected chi connectivity index (χ3v) is 9.64. The first-order valence-corrected chi connectivity index (χ1v) is 16.3. The zero-order valence-electron chi connectivity index (χ0n) is 24.5. The van der Waals surface area contributed by atoms with E-state index in [1.165, 1.54) is 44.1 Å². The summed E-state index contributed by atoms with van der Waals surface area (Å²) in [6.45, 7) is 6.77. The quantitative estimate of drug-likeness (QED) is 0.266. The molecule has 1 aliphatic heterocycles. The lowest BCUT2D eigenvalue weighted by atomic mass is 9.81. The molecule has 2 aromatic rings. The monoisotopic (exact) mass is 565 g/mol. The number of rotatable bonds is 14. The molecule has 2 heterocycles. The molecule has 0 unspecified atom stereocenters. The van der Waals surface area contributed by atoms with Crippen molar-refractivity contribution in [2.45, 2.75) is 103 Å². The van der Waals surface area contributed by atoms with E-state index in [9.17, 15) is 14.4 Å². The van der Waals surface area contributed by atoms with E-state index in [4.69, 9.17) is 4.98 Å². The zero-order chi connectivity index (χ0) is 28.3. The molecule has 1 N–H and O–H groups in total. The van der Waals surface area contributed by atoms with Gasteiger partial charge in [0.15, 0.2) is 5.78 Å². The van der Waals surface area contributed by atoms with Crippen LogP contribution in [0.4, 0.5) is 0 Å². The number of nitrogens with zero attached hydrogens (tertiary/aromatic N) is 2. The summed E-state index contributed by atoms with van der Waals surface area (Å²) >= 11 is 1.62. The highest BCUT2D eigenvalue weighted by Gasteiger charge is 2.29. The second kappa shape index (κ2) is 15.6. The maximum Gasteiger partial charge on any atom is 0.224 e. The van der Waals surface area contributed by atoms with Gasteiger partial charge in [0, 0.05) is 31.8 Å². The van der Waals surface area contributed by atoms with Gasteiger partial charge in [0.2, 0.25) is 5.91 Å². The molecule has 0 radical (unpaired) electrons. The van der Waals surface area contributed by atoms with Gasteiger partial charge >= 0.3 is 0 Å². The molecule has 1 amide bonds. The molecule has 1 saturated heterocycles. The number of carbonyl (C=O) groups is 3. The lowest BCUT2D eigenvalue weighted by molar-refractivity contribution is -0.130. The number of hydrogen-bond acceptors (Lipinski definition) is 6. The van der Waals surface area contributed by atoms with Gasteiger partial charge in [-0.1, -0.05) is 44.7 Å². The van der Waals surface area contributed by atoms with Crippen molar-refractivity contribution in [2.24, 2.45) is 11.8 Å². The van der Waals surface area contributed by atoms with Crippen molar-refractivity contribution in [1.29, 1.82) is 0 Å². The van der Waals surface area contributed by atoms with Crippen LogP contribution in [-0.4, -0.2) is 53.0 Å². The van der Waals surface area contributed by atoms with Gasteiger partial charge in [0.05, 0.1) is 21.1 Å². The molecule has 218 valence electrons. The third-order valence-electron chi connectivity index (χ3n) is 8.60. The second-order valence-electron chi connectivity index (χ2n) is 11.9. The maximum atomic E-state index is 13.7. The molecule has 1 aromatic heterocycles. The molecule has 0 bridgehead atoms. The summed E-state index contributed by atoms with van der Waals surface area (Å²) in [7, 11) is 0. The van der Waals surface area contributed by atoms with Crippen LogP contribution < -0.4 is 5.32 Å². The van der Waals surface area contributed by atoms with Crippen LogP contribution in [0.3, 0.4) is 0 Å². The van der Waals surface area contributed by atoms with Crippen LogP contribution in [0.1, 0.15) is 95.0 Å². The number of Topliss-reactive ketones (excluding diaryl/α,β-unsaturated/α-hetero) is 1. The van der Waals surface area contributed by atoms with E-state index in [1.54, 1.807) is 24.3 Å². The first-order valence-electron chi connectivity index (χ1n) is 15.5. The smallest absolute Gasteiger partial charge is 0.224 e. The molecular formula is C33H47N3O3S. The van der Waals surface area contributed by atoms with Crippen molar-refractivity contribution >= 4 is 39.0 Å². The van der Waals surface area contributed by atoms with E-state index < -0.39 is 5.92 Å². The number of aryl methyl sites for hydroxylation is 1. The summed E-state index contributed by atoms with van der Waals surface area (Å²) in [4.78, 5) is 45.7. The largest absolute Gasteiger partial charge is 0.353 e. The SMILES string of the molecule is CCc1ccc2nc(C[C@H](CC(C)=O)C(=O)N[C@H](CCC(=O)/C=C/CN3CCCCC3)C3CCCCC3)sc2c1. The van der Waals surface area contributed by atoms with Crippen LogP contribution in [0.5, 0.6) is 0 Å². The molecule has 6 nitrogen and oxygen atoms in total. The number of amides is 1. The fourth-order valence-electron chi connectivity index (χ4n) is 6.26. The molecule has 1 saturated carbocycles. The second-order valence-corrected chi connectivity index (χ2v) is 13.0. The number of likely N-dealkylation sites (tertiary alicyclic amines) is 1. The number of benzene rings is 1. The van der Waals surface area contributed by atoms with Crippen LogP contribution in [0.2, 0.25) is 0 Å². The van der Waals surface area contributed by atoms with Gasteiger partial charge in [-0.15, -0.1) is 11.3 Å². The molecule has 0 spiro atoms. The van der Waals surface area contributed by atoms with E-state index in [0.29, 0.717) is 25.2 Å². The Kier molecular flexibility index (Phi) is 11.9. The summed E-state index contributed by atoms with van der Waals surface area (Å²) in [5.74, 6) is 0.00377. The van der Waals surface area contributed by atoms with E-state index >= 15 is 0 Å². The number of allylic oxidation sites excluding steroid dienone is 1. The molecule has 2 aliphatic rings. The Hall–Kier alpha value is -2.38. The van der Waals surface area contributed by atoms with Crippen molar-refractivity contribution in [1.82, 2.24) is 15.2 Å². The number of piperidine rings is 1. The third kappa shape index (κ3) is 9.34. The molecule has 7 heteroatoms. The molecule has 1 aromatic carbocycles. The Morgan fingerprint density at radius 2 is 1.85 bits per heavy atom. The number of fused-ring (bicyclic) bond motifs is 1. The van der Waals surface area contributed by atoms with Gasteiger partial charge in [-0.2, -0.15) is 0 Å². The van der Waals surface area contributed by atoms with Crippen LogP contribution >= 0.6 is 11.3 Å². The standard InChI is InChI=1S/C33H47N3O3S/c1-3-25-14-16-30-31(22-25)40-32(34-30)23-27(21-24(2)37)33(39)35-29(26-11-6-4-7-12-26)17-15-28(38)13-10-20-36-18-8-5-9-19-36/h10,13-14,16,22,26-27,29H,3-9,11-12,15,17-21,23H2,1-2H3,(H,35,39)/b13-10+/t27-,29+/m0/s1. The minimum atomic E-state index is -0.449. The highest BCUT2D eigenvalue weighted by atomic mass is 32.1. The first-order chi connectivity index (χ1) is 19.4. The summed E-state index contributed by atoms with van der Waals surface area (Å²) in [6.07, 6.45) is 16.0. The fraction of sp³-hybridized carbons (Fsp3) is 0.636. The van der Waals surface area contributed by atoms with Gasteiger partial charge in [-0.05, 0) is 88.2 Å². The Labute approximate surface area is 244 Å².